The van der Waals surface area contributed by atoms with Crippen molar-refractivity contribution in [2.45, 2.75) is 36.1 Å². The number of alkyl halides is 2. The fourth-order valence-electron chi connectivity index (χ4n) is 1.21. The highest BCUT2D eigenvalue weighted by molar-refractivity contribution is 6.48. The molecule has 1 atom stereocenters. The molecule has 1 aliphatic carbocycles. The molecule has 1 aliphatic rings. The Hall–Kier alpha value is 0.540. The fourth-order valence-corrected chi connectivity index (χ4v) is 1.87. The van der Waals surface area contributed by atoms with Gasteiger partial charge in [-0.3, -0.25) is 0 Å². The summed E-state index contributed by atoms with van der Waals surface area (Å²) in [5.41, 5.74) is 5.64. The Kier molecular flexibility index (Phi) is 2.25. The predicted molar refractivity (Wildman–Crippen MR) is 40.9 cm³/mol. The van der Waals surface area contributed by atoms with E-state index in [1.165, 1.54) is 0 Å². The molecular weight excluding hydrogens is 157 g/mol. The molecule has 0 saturated heterocycles. The highest BCUT2D eigenvalue weighted by Crippen LogP contribution is 2.36. The van der Waals surface area contributed by atoms with E-state index in [-0.39, 0.29) is 6.04 Å². The molecule has 0 bridgehead atoms. The fraction of sp³-hybridized carbons (Fsp3) is 1.00. The third-order valence-electron chi connectivity index (χ3n) is 1.68. The van der Waals surface area contributed by atoms with Crippen molar-refractivity contribution in [1.29, 1.82) is 0 Å². The molecule has 0 amide bonds. The minimum atomic E-state index is -0.530. The molecule has 2 N–H and O–H groups in total. The van der Waals surface area contributed by atoms with Crippen LogP contribution in [0.1, 0.15) is 25.7 Å². The van der Waals surface area contributed by atoms with Gasteiger partial charge in [-0.25, -0.2) is 0 Å². The van der Waals surface area contributed by atoms with Crippen LogP contribution in [-0.4, -0.2) is 10.4 Å². The Morgan fingerprint density at radius 1 is 1.44 bits per heavy atom. The standard InChI is InChI=1S/C6H11Cl2N/c7-6(8)3-1-2-5(9)4-6/h5H,1-4,9H2/t5-/m1/s1. The van der Waals surface area contributed by atoms with Crippen molar-refractivity contribution in [3.05, 3.63) is 0 Å². The zero-order chi connectivity index (χ0) is 6.91. The second kappa shape index (κ2) is 2.65. The lowest BCUT2D eigenvalue weighted by atomic mass is 9.95. The molecule has 0 radical (unpaired) electrons. The molecule has 9 heavy (non-hydrogen) atoms. The van der Waals surface area contributed by atoms with Gasteiger partial charge in [0.2, 0.25) is 0 Å². The van der Waals surface area contributed by atoms with Crippen LogP contribution in [0.15, 0.2) is 0 Å². The molecule has 0 aliphatic heterocycles. The van der Waals surface area contributed by atoms with E-state index in [9.17, 15) is 0 Å². The first-order valence-corrected chi connectivity index (χ1v) is 3.99. The quantitative estimate of drug-likeness (QED) is 0.550. The Balaban J connectivity index is 2.41. The van der Waals surface area contributed by atoms with Gasteiger partial charge in [-0.2, -0.15) is 0 Å². The first-order chi connectivity index (χ1) is 4.10. The van der Waals surface area contributed by atoms with Crippen LogP contribution in [-0.2, 0) is 0 Å². The summed E-state index contributed by atoms with van der Waals surface area (Å²) < 4.78 is -0.530. The van der Waals surface area contributed by atoms with Gasteiger partial charge in [-0.15, -0.1) is 23.2 Å². The van der Waals surface area contributed by atoms with E-state index in [0.29, 0.717) is 0 Å². The molecule has 1 nitrogen and oxygen atoms in total. The summed E-state index contributed by atoms with van der Waals surface area (Å²) in [4.78, 5) is 0. The number of hydrogen-bond donors (Lipinski definition) is 1. The van der Waals surface area contributed by atoms with Crippen LogP contribution in [0, 0.1) is 0 Å². The zero-order valence-corrected chi connectivity index (χ0v) is 6.75. The lowest BCUT2D eigenvalue weighted by Crippen LogP contribution is -2.33. The third-order valence-corrected chi connectivity index (χ3v) is 2.36. The second-order valence-corrected chi connectivity index (χ2v) is 4.35. The van der Waals surface area contributed by atoms with Crippen LogP contribution >= 0.6 is 23.2 Å². The van der Waals surface area contributed by atoms with E-state index in [1.54, 1.807) is 0 Å². The van der Waals surface area contributed by atoms with E-state index in [4.69, 9.17) is 28.9 Å². The summed E-state index contributed by atoms with van der Waals surface area (Å²) in [7, 11) is 0. The maximum atomic E-state index is 5.85. The van der Waals surface area contributed by atoms with E-state index in [1.807, 2.05) is 0 Å². The molecule has 54 valence electrons. The first-order valence-electron chi connectivity index (χ1n) is 3.23. The summed E-state index contributed by atoms with van der Waals surface area (Å²) >= 11 is 11.7. The van der Waals surface area contributed by atoms with E-state index < -0.39 is 4.33 Å². The van der Waals surface area contributed by atoms with E-state index in [2.05, 4.69) is 0 Å². The summed E-state index contributed by atoms with van der Waals surface area (Å²) in [5.74, 6) is 0. The molecule has 1 saturated carbocycles. The molecule has 1 fully saturated rings. The largest absolute Gasteiger partial charge is 0.328 e. The maximum Gasteiger partial charge on any atom is 0.119 e. The number of rotatable bonds is 0. The van der Waals surface area contributed by atoms with Gasteiger partial charge in [-0.05, 0) is 25.7 Å². The van der Waals surface area contributed by atoms with Gasteiger partial charge >= 0.3 is 0 Å². The average Bonchev–Trinajstić information content (AvgIpc) is 1.60. The molecule has 0 aromatic heterocycles. The predicted octanol–water partition coefficient (Wildman–Crippen LogP) is 2.06. The first kappa shape index (κ1) is 7.64. The van der Waals surface area contributed by atoms with E-state index in [0.717, 1.165) is 25.7 Å². The Morgan fingerprint density at radius 2 is 2.11 bits per heavy atom. The molecule has 0 spiro atoms. The van der Waals surface area contributed by atoms with Crippen molar-refractivity contribution >= 4 is 23.2 Å². The van der Waals surface area contributed by atoms with Gasteiger partial charge in [0.25, 0.3) is 0 Å². The maximum absolute atomic E-state index is 5.85. The Bertz CT molecular complexity index is 103. The summed E-state index contributed by atoms with van der Waals surface area (Å²) in [5, 5.41) is 0. The van der Waals surface area contributed by atoms with Gasteiger partial charge in [-0.1, -0.05) is 0 Å². The summed E-state index contributed by atoms with van der Waals surface area (Å²) in [6.45, 7) is 0. The van der Waals surface area contributed by atoms with Crippen molar-refractivity contribution in [1.82, 2.24) is 0 Å². The Morgan fingerprint density at radius 3 is 2.44 bits per heavy atom. The number of nitrogens with two attached hydrogens (primary N) is 1. The van der Waals surface area contributed by atoms with Crippen LogP contribution in [0.4, 0.5) is 0 Å². The minimum absolute atomic E-state index is 0.216. The Labute approximate surface area is 65.5 Å². The van der Waals surface area contributed by atoms with Crippen LogP contribution in [0.2, 0.25) is 0 Å². The highest BCUT2D eigenvalue weighted by Gasteiger charge is 2.30. The molecule has 3 heteroatoms. The highest BCUT2D eigenvalue weighted by atomic mass is 35.5. The topological polar surface area (TPSA) is 26.0 Å². The molecule has 0 aromatic carbocycles. The van der Waals surface area contributed by atoms with Crippen LogP contribution in [0.3, 0.4) is 0 Å². The molecule has 0 unspecified atom stereocenters. The van der Waals surface area contributed by atoms with Gasteiger partial charge in [0.05, 0.1) is 0 Å². The minimum Gasteiger partial charge on any atom is -0.328 e. The average molecular weight is 168 g/mol. The molecule has 1 rings (SSSR count). The second-order valence-electron chi connectivity index (χ2n) is 2.71. The summed E-state index contributed by atoms with van der Waals surface area (Å²) in [6.07, 6.45) is 3.77. The van der Waals surface area contributed by atoms with Crippen molar-refractivity contribution in [3.8, 4) is 0 Å². The lowest BCUT2D eigenvalue weighted by Gasteiger charge is -2.28. The van der Waals surface area contributed by atoms with Gasteiger partial charge < -0.3 is 5.73 Å². The van der Waals surface area contributed by atoms with Gasteiger partial charge in [0, 0.05) is 6.04 Å². The van der Waals surface area contributed by atoms with Crippen molar-refractivity contribution in [2.24, 2.45) is 5.73 Å². The van der Waals surface area contributed by atoms with Crippen molar-refractivity contribution in [2.75, 3.05) is 0 Å². The van der Waals surface area contributed by atoms with E-state index >= 15 is 0 Å². The zero-order valence-electron chi connectivity index (χ0n) is 5.24. The van der Waals surface area contributed by atoms with Crippen molar-refractivity contribution < 1.29 is 0 Å². The SMILES string of the molecule is N[C@@H]1CCCC(Cl)(Cl)C1. The molecule has 0 heterocycles. The molecule has 0 aromatic rings. The third kappa shape index (κ3) is 2.32. The van der Waals surface area contributed by atoms with Gasteiger partial charge in [0.1, 0.15) is 4.33 Å². The normalized spacial score (nSPS) is 34.3. The number of hydrogen-bond acceptors (Lipinski definition) is 1. The lowest BCUT2D eigenvalue weighted by molar-refractivity contribution is 0.421. The molecular formula is C6H11Cl2N. The van der Waals surface area contributed by atoms with Gasteiger partial charge in [0.15, 0.2) is 0 Å². The van der Waals surface area contributed by atoms with Crippen LogP contribution in [0.5, 0.6) is 0 Å². The number of halogens is 2. The van der Waals surface area contributed by atoms with Crippen LogP contribution < -0.4 is 5.73 Å². The summed E-state index contributed by atoms with van der Waals surface area (Å²) in [6, 6.07) is 0.216. The van der Waals surface area contributed by atoms with Crippen LogP contribution in [0.25, 0.3) is 0 Å². The van der Waals surface area contributed by atoms with Crippen molar-refractivity contribution in [3.63, 3.8) is 0 Å². The monoisotopic (exact) mass is 167 g/mol. The smallest absolute Gasteiger partial charge is 0.119 e.